The number of carbonyl (C=O) groups excluding carboxylic acids is 1. The van der Waals surface area contributed by atoms with Gasteiger partial charge in [-0.15, -0.1) is 0 Å². The molecule has 2 aliphatic heterocycles. The number of rotatable bonds is 3. The van der Waals surface area contributed by atoms with E-state index in [0.717, 1.165) is 24.5 Å². The molecule has 1 atom stereocenters. The van der Waals surface area contributed by atoms with E-state index in [1.165, 1.54) is 12.8 Å². The molecule has 0 bridgehead atoms. The molecular weight excluding hydrogens is 240 g/mol. The number of aliphatic hydroxyl groups excluding tert-OH is 1. The molecule has 1 N–H and O–H groups in total. The third-order valence-electron chi connectivity index (χ3n) is 4.08. The molecule has 0 spiro atoms. The van der Waals surface area contributed by atoms with Crippen molar-refractivity contribution in [3.05, 3.63) is 24.3 Å². The largest absolute Gasteiger partial charge is 0.396 e. The third-order valence-corrected chi connectivity index (χ3v) is 4.08. The van der Waals surface area contributed by atoms with E-state index in [1.54, 1.807) is 0 Å². The number of benzene rings is 1. The molecule has 2 heterocycles. The molecule has 4 nitrogen and oxygen atoms in total. The molecule has 4 heteroatoms. The molecule has 1 unspecified atom stereocenters. The summed E-state index contributed by atoms with van der Waals surface area (Å²) in [5, 5.41) is 9.24. The van der Waals surface area contributed by atoms with Crippen LogP contribution >= 0.6 is 0 Å². The van der Waals surface area contributed by atoms with E-state index in [0.29, 0.717) is 13.0 Å². The highest BCUT2D eigenvalue weighted by Gasteiger charge is 2.32. The molecule has 1 aromatic rings. The number of nitrogens with zero attached hydrogens (tertiary/aromatic N) is 2. The smallest absolute Gasteiger partial charge is 0.227 e. The lowest BCUT2D eigenvalue weighted by Crippen LogP contribution is -2.28. The van der Waals surface area contributed by atoms with Crippen molar-refractivity contribution >= 4 is 17.3 Å². The molecule has 1 amide bonds. The van der Waals surface area contributed by atoms with Gasteiger partial charge in [0.1, 0.15) is 0 Å². The van der Waals surface area contributed by atoms with E-state index in [4.69, 9.17) is 0 Å². The molecule has 0 radical (unpaired) electrons. The number of anilines is 2. The first-order chi connectivity index (χ1) is 9.29. The zero-order valence-corrected chi connectivity index (χ0v) is 11.1. The zero-order valence-electron chi connectivity index (χ0n) is 11.1. The van der Waals surface area contributed by atoms with Crippen LogP contribution in [0.25, 0.3) is 0 Å². The number of carbonyl (C=O) groups is 1. The van der Waals surface area contributed by atoms with Crippen LogP contribution in [0, 0.1) is 5.92 Å². The van der Waals surface area contributed by atoms with Crippen LogP contribution in [-0.4, -0.2) is 37.3 Å². The van der Waals surface area contributed by atoms with E-state index < -0.39 is 0 Å². The van der Waals surface area contributed by atoms with Gasteiger partial charge in [0.2, 0.25) is 5.91 Å². The highest BCUT2D eigenvalue weighted by Crippen LogP contribution is 2.35. The predicted octanol–water partition coefficient (Wildman–Crippen LogP) is 1.63. The summed E-state index contributed by atoms with van der Waals surface area (Å²) in [5.41, 5.74) is 2.16. The fourth-order valence-electron chi connectivity index (χ4n) is 3.05. The van der Waals surface area contributed by atoms with Gasteiger partial charge in [0.05, 0.1) is 11.4 Å². The normalized spacial score (nSPS) is 23.4. The van der Waals surface area contributed by atoms with Crippen molar-refractivity contribution in [2.24, 2.45) is 5.92 Å². The Morgan fingerprint density at radius 3 is 2.47 bits per heavy atom. The maximum atomic E-state index is 12.1. The van der Waals surface area contributed by atoms with Gasteiger partial charge in [0.25, 0.3) is 0 Å². The molecule has 1 aromatic carbocycles. The first-order valence-electron chi connectivity index (χ1n) is 7.05. The van der Waals surface area contributed by atoms with Crippen LogP contribution in [0.4, 0.5) is 11.4 Å². The van der Waals surface area contributed by atoms with Gasteiger partial charge in [-0.3, -0.25) is 4.79 Å². The van der Waals surface area contributed by atoms with Crippen LogP contribution in [0.15, 0.2) is 24.3 Å². The molecule has 3 rings (SSSR count). The van der Waals surface area contributed by atoms with Gasteiger partial charge in [-0.25, -0.2) is 0 Å². The second kappa shape index (κ2) is 5.21. The molecule has 0 aromatic heterocycles. The molecule has 19 heavy (non-hydrogen) atoms. The van der Waals surface area contributed by atoms with Crippen molar-refractivity contribution in [3.63, 3.8) is 0 Å². The molecule has 2 aliphatic rings. The predicted molar refractivity (Wildman–Crippen MR) is 75.4 cm³/mol. The van der Waals surface area contributed by atoms with Gasteiger partial charge in [-0.2, -0.15) is 0 Å². The fourth-order valence-corrected chi connectivity index (χ4v) is 3.05. The summed E-state index contributed by atoms with van der Waals surface area (Å²) >= 11 is 0. The minimum Gasteiger partial charge on any atom is -0.396 e. The summed E-state index contributed by atoms with van der Waals surface area (Å²) < 4.78 is 0. The number of hydrogen-bond acceptors (Lipinski definition) is 3. The van der Waals surface area contributed by atoms with Crippen molar-refractivity contribution < 1.29 is 9.90 Å². The second-order valence-electron chi connectivity index (χ2n) is 5.44. The molecular formula is C15H20N2O2. The molecule has 2 fully saturated rings. The molecule has 102 valence electrons. The monoisotopic (exact) mass is 260 g/mol. The quantitative estimate of drug-likeness (QED) is 0.898. The fraction of sp³-hybridized carbons (Fsp3) is 0.533. The number of hydrogen-bond donors (Lipinski definition) is 1. The highest BCUT2D eigenvalue weighted by atomic mass is 16.3. The topological polar surface area (TPSA) is 43.8 Å². The van der Waals surface area contributed by atoms with E-state index in [-0.39, 0.29) is 18.4 Å². The van der Waals surface area contributed by atoms with Crippen molar-refractivity contribution in [2.45, 2.75) is 19.3 Å². The first kappa shape index (κ1) is 12.5. The van der Waals surface area contributed by atoms with Gasteiger partial charge in [-0.1, -0.05) is 12.1 Å². The Morgan fingerprint density at radius 2 is 1.84 bits per heavy atom. The Labute approximate surface area is 113 Å². The SMILES string of the molecule is O=C1CC(CO)CN1c1ccccc1N1CCCC1. The Kier molecular flexibility index (Phi) is 3.42. The lowest BCUT2D eigenvalue weighted by atomic mass is 10.1. The standard InChI is InChI=1S/C15H20N2O2/c18-11-12-9-15(19)17(10-12)14-6-2-1-5-13(14)16-7-3-4-8-16/h1-2,5-6,12,18H,3-4,7-11H2. The van der Waals surface area contributed by atoms with Crippen LogP contribution < -0.4 is 9.80 Å². The summed E-state index contributed by atoms with van der Waals surface area (Å²) in [7, 11) is 0. The van der Waals surface area contributed by atoms with Gasteiger partial charge in [-0.05, 0) is 25.0 Å². The van der Waals surface area contributed by atoms with Crippen LogP contribution in [-0.2, 0) is 4.79 Å². The number of para-hydroxylation sites is 2. The minimum absolute atomic E-state index is 0.0825. The lowest BCUT2D eigenvalue weighted by molar-refractivity contribution is -0.117. The van der Waals surface area contributed by atoms with E-state index >= 15 is 0 Å². The van der Waals surface area contributed by atoms with E-state index in [1.807, 2.05) is 23.1 Å². The van der Waals surface area contributed by atoms with Crippen molar-refractivity contribution in [1.82, 2.24) is 0 Å². The van der Waals surface area contributed by atoms with Crippen molar-refractivity contribution in [1.29, 1.82) is 0 Å². The van der Waals surface area contributed by atoms with Gasteiger partial charge in [0.15, 0.2) is 0 Å². The molecule has 0 aliphatic carbocycles. The Bertz CT molecular complexity index is 469. The van der Waals surface area contributed by atoms with Crippen LogP contribution in [0.3, 0.4) is 0 Å². The highest BCUT2D eigenvalue weighted by molar-refractivity contribution is 5.98. The Hall–Kier alpha value is -1.55. The number of amides is 1. The molecule has 0 saturated carbocycles. The van der Waals surface area contributed by atoms with Gasteiger partial charge < -0.3 is 14.9 Å². The average Bonchev–Trinajstić information content (AvgIpc) is 3.08. The molecule has 2 saturated heterocycles. The van der Waals surface area contributed by atoms with Crippen molar-refractivity contribution in [2.75, 3.05) is 36.0 Å². The van der Waals surface area contributed by atoms with Crippen molar-refractivity contribution in [3.8, 4) is 0 Å². The Balaban J connectivity index is 1.90. The average molecular weight is 260 g/mol. The summed E-state index contributed by atoms with van der Waals surface area (Å²) in [6.07, 6.45) is 2.91. The minimum atomic E-state index is 0.0825. The summed E-state index contributed by atoms with van der Waals surface area (Å²) in [4.78, 5) is 16.3. The van der Waals surface area contributed by atoms with Crippen LogP contribution in [0.1, 0.15) is 19.3 Å². The zero-order chi connectivity index (χ0) is 13.2. The van der Waals surface area contributed by atoms with E-state index in [2.05, 4.69) is 11.0 Å². The van der Waals surface area contributed by atoms with Gasteiger partial charge in [0, 0.05) is 38.6 Å². The first-order valence-corrected chi connectivity index (χ1v) is 7.05. The second-order valence-corrected chi connectivity index (χ2v) is 5.44. The summed E-state index contributed by atoms with van der Waals surface area (Å²) in [5.74, 6) is 0.213. The van der Waals surface area contributed by atoms with Crippen LogP contribution in [0.5, 0.6) is 0 Å². The summed E-state index contributed by atoms with van der Waals surface area (Å²) in [6, 6.07) is 8.13. The number of aliphatic hydroxyl groups is 1. The Morgan fingerprint density at radius 1 is 1.16 bits per heavy atom. The lowest BCUT2D eigenvalue weighted by Gasteiger charge is -2.26. The van der Waals surface area contributed by atoms with Crippen LogP contribution in [0.2, 0.25) is 0 Å². The maximum absolute atomic E-state index is 12.1. The van der Waals surface area contributed by atoms with Gasteiger partial charge >= 0.3 is 0 Å². The third kappa shape index (κ3) is 2.32. The van der Waals surface area contributed by atoms with E-state index in [9.17, 15) is 9.90 Å². The summed E-state index contributed by atoms with van der Waals surface area (Å²) in [6.45, 7) is 2.87. The maximum Gasteiger partial charge on any atom is 0.227 e.